The van der Waals surface area contributed by atoms with Crippen LogP contribution >= 0.6 is 0 Å². The molecule has 0 bridgehead atoms. The van der Waals surface area contributed by atoms with Gasteiger partial charge in [-0.15, -0.1) is 0 Å². The highest BCUT2D eigenvalue weighted by Gasteiger charge is 2.49. The van der Waals surface area contributed by atoms with E-state index in [2.05, 4.69) is 22.4 Å². The molecule has 7 heteroatoms. The summed E-state index contributed by atoms with van der Waals surface area (Å²) in [4.78, 5) is 30.6. The number of carbonyl (C=O) groups excluding carboxylic acids is 2. The summed E-state index contributed by atoms with van der Waals surface area (Å²) in [7, 11) is 0. The molecule has 1 saturated heterocycles. The lowest BCUT2D eigenvalue weighted by molar-refractivity contribution is -0.131. The second-order valence-corrected chi connectivity index (χ2v) is 6.52. The fourth-order valence-corrected chi connectivity index (χ4v) is 2.85. The number of urea groups is 1. The van der Waals surface area contributed by atoms with Gasteiger partial charge in [-0.25, -0.2) is 4.79 Å². The molecule has 1 aliphatic rings. The van der Waals surface area contributed by atoms with Gasteiger partial charge >= 0.3 is 6.03 Å². The van der Waals surface area contributed by atoms with E-state index in [1.54, 1.807) is 6.92 Å². The van der Waals surface area contributed by atoms with Gasteiger partial charge in [-0.2, -0.15) is 4.98 Å². The van der Waals surface area contributed by atoms with Crippen molar-refractivity contribution < 1.29 is 14.1 Å². The first-order valence-electron chi connectivity index (χ1n) is 8.46. The van der Waals surface area contributed by atoms with E-state index in [1.807, 2.05) is 31.2 Å². The van der Waals surface area contributed by atoms with Crippen molar-refractivity contribution in [2.45, 2.75) is 52.1 Å². The Morgan fingerprint density at radius 3 is 2.64 bits per heavy atom. The Kier molecular flexibility index (Phi) is 4.57. The van der Waals surface area contributed by atoms with Gasteiger partial charge in [-0.3, -0.25) is 9.69 Å². The van der Waals surface area contributed by atoms with Crippen LogP contribution in [0.2, 0.25) is 0 Å². The maximum Gasteiger partial charge on any atom is 0.325 e. The van der Waals surface area contributed by atoms with E-state index in [-0.39, 0.29) is 18.3 Å². The Morgan fingerprint density at radius 2 is 1.96 bits per heavy atom. The van der Waals surface area contributed by atoms with Crippen molar-refractivity contribution in [2.75, 3.05) is 0 Å². The van der Waals surface area contributed by atoms with E-state index < -0.39 is 11.6 Å². The van der Waals surface area contributed by atoms with Crippen LogP contribution in [0.15, 0.2) is 28.8 Å². The number of benzene rings is 1. The maximum absolute atomic E-state index is 12.9. The molecule has 1 aromatic heterocycles. The fourth-order valence-electron chi connectivity index (χ4n) is 2.85. The van der Waals surface area contributed by atoms with E-state index in [0.29, 0.717) is 5.82 Å². The van der Waals surface area contributed by atoms with Gasteiger partial charge in [0.05, 0.1) is 0 Å². The first-order chi connectivity index (χ1) is 11.9. The largest absolute Gasteiger partial charge is 0.337 e. The molecule has 1 fully saturated rings. The van der Waals surface area contributed by atoms with Gasteiger partial charge in [0.15, 0.2) is 5.82 Å². The molecule has 1 N–H and O–H groups in total. The van der Waals surface area contributed by atoms with E-state index in [0.717, 1.165) is 35.3 Å². The third-order valence-corrected chi connectivity index (χ3v) is 4.46. The predicted molar refractivity (Wildman–Crippen MR) is 90.5 cm³/mol. The summed E-state index contributed by atoms with van der Waals surface area (Å²) in [5.41, 5.74) is 0.745. The van der Waals surface area contributed by atoms with Crippen LogP contribution in [0.25, 0.3) is 0 Å². The smallest absolute Gasteiger partial charge is 0.325 e. The Morgan fingerprint density at radius 1 is 1.24 bits per heavy atom. The molecule has 2 heterocycles. The lowest BCUT2D eigenvalue weighted by atomic mass is 9.91. The third kappa shape index (κ3) is 3.26. The van der Waals surface area contributed by atoms with Gasteiger partial charge in [-0.05, 0) is 25.8 Å². The van der Waals surface area contributed by atoms with Crippen molar-refractivity contribution in [3.05, 3.63) is 47.1 Å². The summed E-state index contributed by atoms with van der Waals surface area (Å²) >= 11 is 0. The zero-order valence-corrected chi connectivity index (χ0v) is 14.7. The average molecular weight is 342 g/mol. The first-order valence-corrected chi connectivity index (χ1v) is 8.46. The number of rotatable bonds is 6. The van der Waals surface area contributed by atoms with Gasteiger partial charge in [0.25, 0.3) is 5.91 Å². The topological polar surface area (TPSA) is 88.3 Å². The normalized spacial score (nSPS) is 20.2. The molecule has 1 atom stereocenters. The van der Waals surface area contributed by atoms with Crippen LogP contribution in [0.5, 0.6) is 0 Å². The number of imide groups is 1. The van der Waals surface area contributed by atoms with Gasteiger partial charge in [0.2, 0.25) is 5.89 Å². The number of aryl methyl sites for hydroxylation is 2. The number of nitrogens with one attached hydrogen (secondary N) is 1. The first kappa shape index (κ1) is 17.1. The van der Waals surface area contributed by atoms with Crippen LogP contribution in [0.1, 0.15) is 49.5 Å². The summed E-state index contributed by atoms with van der Waals surface area (Å²) in [6, 6.07) is 7.09. The van der Waals surface area contributed by atoms with Gasteiger partial charge < -0.3 is 9.84 Å². The quantitative estimate of drug-likeness (QED) is 0.815. The molecule has 7 nitrogen and oxygen atoms in total. The number of carbonyl (C=O) groups is 2. The molecular weight excluding hydrogens is 320 g/mol. The molecular formula is C18H22N4O3. The molecule has 3 amide bonds. The number of hydrogen-bond acceptors (Lipinski definition) is 5. The van der Waals surface area contributed by atoms with Crippen molar-refractivity contribution in [2.24, 2.45) is 0 Å². The summed E-state index contributed by atoms with van der Waals surface area (Å²) in [6.07, 6.45) is 2.72. The van der Waals surface area contributed by atoms with E-state index in [4.69, 9.17) is 4.52 Å². The molecule has 132 valence electrons. The molecule has 1 aromatic carbocycles. The summed E-state index contributed by atoms with van der Waals surface area (Å²) in [6.45, 7) is 5.74. The lowest BCUT2D eigenvalue weighted by Crippen LogP contribution is -2.40. The van der Waals surface area contributed by atoms with E-state index in [9.17, 15) is 9.59 Å². The van der Waals surface area contributed by atoms with Gasteiger partial charge in [0.1, 0.15) is 12.1 Å². The number of hydrogen-bond donors (Lipinski definition) is 1. The Bertz CT molecular complexity index is 784. The molecule has 0 radical (unpaired) electrons. The highest BCUT2D eigenvalue weighted by Crippen LogP contribution is 2.29. The zero-order chi connectivity index (χ0) is 18.0. The fraction of sp³-hybridized carbons (Fsp3) is 0.444. The summed E-state index contributed by atoms with van der Waals surface area (Å²) in [5, 5.41) is 6.67. The number of amides is 3. The number of aromatic nitrogens is 2. The van der Waals surface area contributed by atoms with Crippen LogP contribution in [-0.2, 0) is 23.3 Å². The highest BCUT2D eigenvalue weighted by molar-refractivity contribution is 6.07. The van der Waals surface area contributed by atoms with E-state index >= 15 is 0 Å². The zero-order valence-electron chi connectivity index (χ0n) is 14.7. The minimum Gasteiger partial charge on any atom is -0.337 e. The van der Waals surface area contributed by atoms with Crippen molar-refractivity contribution >= 4 is 11.9 Å². The minimum absolute atomic E-state index is 0.0226. The van der Waals surface area contributed by atoms with Crippen molar-refractivity contribution in [3.63, 3.8) is 0 Å². The maximum atomic E-state index is 12.9. The standard InChI is InChI=1S/C18H22N4O3/c1-4-5-6-14-19-15(25-21-14)11-22-16(23)18(3,20-17(22)24)13-9-7-12(2)8-10-13/h7-10H,4-6,11H2,1-3H3,(H,20,24). The van der Waals surface area contributed by atoms with Crippen molar-refractivity contribution in [1.82, 2.24) is 20.4 Å². The summed E-state index contributed by atoms with van der Waals surface area (Å²) in [5.74, 6) is 0.544. The van der Waals surface area contributed by atoms with Crippen molar-refractivity contribution in [1.29, 1.82) is 0 Å². The molecule has 0 aliphatic carbocycles. The van der Waals surface area contributed by atoms with Crippen LogP contribution in [0.3, 0.4) is 0 Å². The second-order valence-electron chi connectivity index (χ2n) is 6.52. The molecule has 1 aliphatic heterocycles. The predicted octanol–water partition coefficient (Wildman–Crippen LogP) is 2.69. The molecule has 3 rings (SSSR count). The molecule has 1 unspecified atom stereocenters. The molecule has 0 saturated carbocycles. The Hall–Kier alpha value is -2.70. The second kappa shape index (κ2) is 6.66. The van der Waals surface area contributed by atoms with Crippen molar-refractivity contribution in [3.8, 4) is 0 Å². The van der Waals surface area contributed by atoms with Crippen LogP contribution < -0.4 is 5.32 Å². The third-order valence-electron chi connectivity index (χ3n) is 4.46. The Labute approximate surface area is 146 Å². The highest BCUT2D eigenvalue weighted by atomic mass is 16.5. The Balaban J connectivity index is 1.77. The number of nitrogens with zero attached hydrogens (tertiary/aromatic N) is 3. The minimum atomic E-state index is -1.09. The van der Waals surface area contributed by atoms with Crippen LogP contribution in [0.4, 0.5) is 4.79 Å². The van der Waals surface area contributed by atoms with Crippen LogP contribution in [-0.4, -0.2) is 27.0 Å². The average Bonchev–Trinajstić information content (AvgIpc) is 3.12. The molecule has 2 aromatic rings. The van der Waals surface area contributed by atoms with Crippen LogP contribution in [0, 0.1) is 6.92 Å². The molecule has 0 spiro atoms. The number of unbranched alkanes of at least 4 members (excludes halogenated alkanes) is 1. The lowest BCUT2D eigenvalue weighted by Gasteiger charge is -2.22. The SMILES string of the molecule is CCCCc1noc(CN2C(=O)NC(C)(c3ccc(C)cc3)C2=O)n1. The van der Waals surface area contributed by atoms with E-state index in [1.165, 1.54) is 0 Å². The monoisotopic (exact) mass is 342 g/mol. The van der Waals surface area contributed by atoms with Gasteiger partial charge in [0, 0.05) is 6.42 Å². The summed E-state index contributed by atoms with van der Waals surface area (Å²) < 4.78 is 5.17. The molecule has 25 heavy (non-hydrogen) atoms. The van der Waals surface area contributed by atoms with Gasteiger partial charge in [-0.1, -0.05) is 48.3 Å².